The minimum atomic E-state index is -0.662. The Morgan fingerprint density at radius 1 is 0.300 bits per heavy atom. The van der Waals surface area contributed by atoms with Crippen LogP contribution >= 0.6 is 0 Å². The number of carbonyl (C=O) groups excluding carboxylic acids is 2. The first-order valence-corrected chi connectivity index (χ1v) is 41.9. The number of aliphatic hydroxyl groups excluding tert-OH is 2. The monoisotopic (exact) mass is 1270 g/mol. The number of unbranched alkanes of at least 4 members (excludes halogenated alkanes) is 67. The van der Waals surface area contributed by atoms with Crippen LogP contribution in [0.2, 0.25) is 0 Å². The maximum Gasteiger partial charge on any atom is 0.305 e. The summed E-state index contributed by atoms with van der Waals surface area (Å²) >= 11 is 0. The molecule has 0 heterocycles. The summed E-state index contributed by atoms with van der Waals surface area (Å²) < 4.78 is 5.52. The molecule has 0 rings (SSSR count). The van der Waals surface area contributed by atoms with Crippen LogP contribution in [0.3, 0.4) is 0 Å². The topological polar surface area (TPSA) is 95.9 Å². The molecule has 0 radical (unpaired) electrons. The van der Waals surface area contributed by atoms with Crippen LogP contribution in [0.1, 0.15) is 489 Å². The van der Waals surface area contributed by atoms with Crippen molar-refractivity contribution in [2.75, 3.05) is 13.2 Å². The molecule has 3 N–H and O–H groups in total. The lowest BCUT2D eigenvalue weighted by Gasteiger charge is -2.22. The molecule has 0 bridgehead atoms. The van der Waals surface area contributed by atoms with Gasteiger partial charge in [0.1, 0.15) is 0 Å². The van der Waals surface area contributed by atoms with E-state index in [-0.39, 0.29) is 18.5 Å². The van der Waals surface area contributed by atoms with Crippen molar-refractivity contribution in [1.29, 1.82) is 0 Å². The predicted molar refractivity (Wildman–Crippen MR) is 398 cm³/mol. The van der Waals surface area contributed by atoms with Crippen LogP contribution in [-0.2, 0) is 14.3 Å². The normalized spacial score (nSPS) is 12.4. The Balaban J connectivity index is 3.32. The Morgan fingerprint density at radius 3 is 0.789 bits per heavy atom. The van der Waals surface area contributed by atoms with E-state index in [4.69, 9.17) is 4.74 Å². The van der Waals surface area contributed by atoms with Crippen molar-refractivity contribution >= 4 is 11.9 Å². The molecule has 0 fully saturated rings. The van der Waals surface area contributed by atoms with Crippen LogP contribution in [0.5, 0.6) is 0 Å². The first-order chi connectivity index (χ1) is 44.5. The molecule has 0 saturated heterocycles. The van der Waals surface area contributed by atoms with E-state index in [0.29, 0.717) is 25.9 Å². The van der Waals surface area contributed by atoms with Gasteiger partial charge in [-0.3, -0.25) is 9.59 Å². The number of aliphatic hydroxyl groups is 2. The van der Waals surface area contributed by atoms with Crippen molar-refractivity contribution in [3.8, 4) is 0 Å². The van der Waals surface area contributed by atoms with E-state index < -0.39 is 12.1 Å². The molecule has 0 aromatic carbocycles. The van der Waals surface area contributed by atoms with Crippen LogP contribution in [0.4, 0.5) is 0 Å². The molecule has 0 saturated carbocycles. The van der Waals surface area contributed by atoms with Gasteiger partial charge in [0.2, 0.25) is 5.91 Å². The highest BCUT2D eigenvalue weighted by Gasteiger charge is 2.20. The van der Waals surface area contributed by atoms with Gasteiger partial charge >= 0.3 is 5.97 Å². The Morgan fingerprint density at radius 2 is 0.522 bits per heavy atom. The number of amides is 1. The number of rotatable bonds is 80. The first kappa shape index (κ1) is 88.6. The summed E-state index contributed by atoms with van der Waals surface area (Å²) in [5.41, 5.74) is 0. The summed E-state index contributed by atoms with van der Waals surface area (Å²) in [5, 5.41) is 23.5. The fourth-order valence-electron chi connectivity index (χ4n) is 13.7. The Labute approximate surface area is 565 Å². The summed E-state index contributed by atoms with van der Waals surface area (Å²) in [5.74, 6) is 0.000372. The molecule has 0 aromatic heterocycles. The standard InChI is InChI=1S/C84H165NO5/c1-3-5-7-9-11-13-15-17-19-21-23-41-44-48-52-56-60-64-68-72-76-82(87)81(80-86)85-83(88)77-73-69-65-61-57-53-49-45-42-39-37-35-33-31-29-27-25-24-26-28-30-32-34-36-38-40-43-47-51-55-59-63-67-71-75-79-90-84(89)78-74-70-66-62-58-54-50-46-22-20-18-16-14-12-10-8-6-4-2/h26,28,81-82,86-87H,3-25,27,29-80H2,1-2H3,(H,85,88)/b28-26-. The second-order valence-electron chi connectivity index (χ2n) is 29.2. The second-order valence-corrected chi connectivity index (χ2v) is 29.2. The van der Waals surface area contributed by atoms with Gasteiger partial charge in [-0.05, 0) is 51.4 Å². The zero-order valence-corrected chi connectivity index (χ0v) is 61.7. The lowest BCUT2D eigenvalue weighted by Crippen LogP contribution is -2.45. The molecule has 0 aromatic rings. The number of esters is 1. The number of hydrogen-bond donors (Lipinski definition) is 3. The average molecular weight is 1270 g/mol. The molecule has 90 heavy (non-hydrogen) atoms. The van der Waals surface area contributed by atoms with Gasteiger partial charge in [-0.25, -0.2) is 0 Å². The van der Waals surface area contributed by atoms with Crippen LogP contribution in [0, 0.1) is 0 Å². The molecule has 2 unspecified atom stereocenters. The maximum absolute atomic E-state index is 12.6. The Kier molecular flexibility index (Phi) is 78.8. The zero-order valence-electron chi connectivity index (χ0n) is 61.7. The third-order valence-electron chi connectivity index (χ3n) is 20.1. The first-order valence-electron chi connectivity index (χ1n) is 41.9. The summed E-state index contributed by atoms with van der Waals surface area (Å²) in [7, 11) is 0. The Hall–Kier alpha value is -1.40. The van der Waals surface area contributed by atoms with Gasteiger partial charge in [0.15, 0.2) is 0 Å². The third kappa shape index (κ3) is 75.6. The molecule has 0 spiro atoms. The van der Waals surface area contributed by atoms with E-state index in [2.05, 4.69) is 31.3 Å². The number of allylic oxidation sites excluding steroid dienone is 2. The fourth-order valence-corrected chi connectivity index (χ4v) is 13.7. The SMILES string of the molecule is CCCCCCCCCCCCCCCCCCCCCCC(O)C(CO)NC(=O)CCCCCCCCCCCCCCCCCCC/C=C\CCCCCCCCCCCCCCCCOC(=O)CCCCCCCCCCCCCCCCCCCC. The van der Waals surface area contributed by atoms with E-state index >= 15 is 0 Å². The maximum atomic E-state index is 12.6. The van der Waals surface area contributed by atoms with Crippen molar-refractivity contribution in [2.24, 2.45) is 0 Å². The number of nitrogens with one attached hydrogen (secondary N) is 1. The van der Waals surface area contributed by atoms with Gasteiger partial charge in [0.05, 0.1) is 25.4 Å². The van der Waals surface area contributed by atoms with Crippen LogP contribution < -0.4 is 5.32 Å². The van der Waals surface area contributed by atoms with Crippen molar-refractivity contribution < 1.29 is 24.5 Å². The molecule has 0 aliphatic carbocycles. The van der Waals surface area contributed by atoms with E-state index in [0.717, 1.165) is 38.5 Å². The van der Waals surface area contributed by atoms with E-state index in [1.54, 1.807) is 0 Å². The minimum absolute atomic E-state index is 0.0257. The molecule has 6 heteroatoms. The highest BCUT2D eigenvalue weighted by molar-refractivity contribution is 5.76. The highest BCUT2D eigenvalue weighted by atomic mass is 16.5. The second kappa shape index (κ2) is 80.0. The predicted octanol–water partition coefficient (Wildman–Crippen LogP) is 27.8. The molecule has 0 aliphatic heterocycles. The minimum Gasteiger partial charge on any atom is -0.466 e. The molecule has 2 atom stereocenters. The molecule has 6 nitrogen and oxygen atoms in total. The lowest BCUT2D eigenvalue weighted by atomic mass is 10.0. The summed E-state index contributed by atoms with van der Waals surface area (Å²) in [4.78, 5) is 24.7. The fraction of sp³-hybridized carbons (Fsp3) is 0.952. The number of carbonyl (C=O) groups is 2. The molecular weight excluding hydrogens is 1100 g/mol. The molecule has 0 aliphatic rings. The van der Waals surface area contributed by atoms with Gasteiger partial charge in [-0.2, -0.15) is 0 Å². The lowest BCUT2D eigenvalue weighted by molar-refractivity contribution is -0.143. The van der Waals surface area contributed by atoms with Gasteiger partial charge in [-0.1, -0.05) is 437 Å². The van der Waals surface area contributed by atoms with E-state index in [1.165, 1.54) is 417 Å². The molecule has 1 amide bonds. The largest absolute Gasteiger partial charge is 0.466 e. The summed E-state index contributed by atoms with van der Waals surface area (Å²) in [6.45, 7) is 5.02. The summed E-state index contributed by atoms with van der Waals surface area (Å²) in [6, 6.07) is -0.539. The van der Waals surface area contributed by atoms with E-state index in [1.807, 2.05) is 0 Å². The van der Waals surface area contributed by atoms with E-state index in [9.17, 15) is 19.8 Å². The van der Waals surface area contributed by atoms with Crippen LogP contribution in [-0.4, -0.2) is 47.4 Å². The Bertz CT molecular complexity index is 1370. The average Bonchev–Trinajstić information content (AvgIpc) is 3.68. The van der Waals surface area contributed by atoms with Gasteiger partial charge in [-0.15, -0.1) is 0 Å². The van der Waals surface area contributed by atoms with Crippen molar-refractivity contribution in [1.82, 2.24) is 5.32 Å². The summed E-state index contributed by atoms with van der Waals surface area (Å²) in [6.07, 6.45) is 102. The van der Waals surface area contributed by atoms with Crippen molar-refractivity contribution in [3.05, 3.63) is 12.2 Å². The van der Waals surface area contributed by atoms with Crippen LogP contribution in [0.15, 0.2) is 12.2 Å². The van der Waals surface area contributed by atoms with Gasteiger partial charge < -0.3 is 20.3 Å². The smallest absolute Gasteiger partial charge is 0.305 e. The van der Waals surface area contributed by atoms with Gasteiger partial charge in [0, 0.05) is 12.8 Å². The number of ether oxygens (including phenoxy) is 1. The van der Waals surface area contributed by atoms with Crippen molar-refractivity contribution in [3.63, 3.8) is 0 Å². The van der Waals surface area contributed by atoms with Crippen LogP contribution in [0.25, 0.3) is 0 Å². The third-order valence-corrected chi connectivity index (χ3v) is 20.1. The highest BCUT2D eigenvalue weighted by Crippen LogP contribution is 2.21. The molecular formula is C84H165NO5. The molecule has 536 valence electrons. The van der Waals surface area contributed by atoms with Crippen molar-refractivity contribution in [2.45, 2.75) is 501 Å². The van der Waals surface area contributed by atoms with Gasteiger partial charge in [0.25, 0.3) is 0 Å². The quantitative estimate of drug-likeness (QED) is 0.0320. The zero-order chi connectivity index (χ0) is 64.9. The number of hydrogen-bond acceptors (Lipinski definition) is 5.